The van der Waals surface area contributed by atoms with Crippen LogP contribution < -0.4 is 5.73 Å². The maximum absolute atomic E-state index is 11.4. The minimum Gasteiger partial charge on any atom is -0.468 e. The lowest BCUT2D eigenvalue weighted by Gasteiger charge is -2.41. The smallest absolute Gasteiger partial charge is 0.325 e. The van der Waals surface area contributed by atoms with Crippen molar-refractivity contribution in [2.45, 2.75) is 25.0 Å². The third-order valence-corrected chi connectivity index (χ3v) is 3.36. The lowest BCUT2D eigenvalue weighted by molar-refractivity contribution is -0.153. The van der Waals surface area contributed by atoms with Crippen molar-refractivity contribution < 1.29 is 14.3 Å². The minimum atomic E-state index is -0.782. The van der Waals surface area contributed by atoms with E-state index in [0.29, 0.717) is 32.0 Å². The largest absolute Gasteiger partial charge is 0.468 e. The second kappa shape index (κ2) is 6.89. The zero-order chi connectivity index (χ0) is 13.0. The van der Waals surface area contributed by atoms with Crippen LogP contribution in [0, 0.1) is 5.92 Å². The molecule has 0 aromatic heterocycles. The molecule has 1 aromatic carbocycles. The number of carbonyl (C=O) groups excluding carboxylic acids is 1. The van der Waals surface area contributed by atoms with Gasteiger partial charge >= 0.3 is 5.97 Å². The maximum atomic E-state index is 11.4. The maximum Gasteiger partial charge on any atom is 0.325 e. The molecule has 0 unspecified atom stereocenters. The summed E-state index contributed by atoms with van der Waals surface area (Å²) in [6.45, 7) is 1.25. The normalized spacial score (nSPS) is 25.1. The Morgan fingerprint density at radius 1 is 1.37 bits per heavy atom. The van der Waals surface area contributed by atoms with Crippen LogP contribution in [0.1, 0.15) is 18.4 Å². The first-order valence-corrected chi connectivity index (χ1v) is 6.13. The highest BCUT2D eigenvalue weighted by Gasteiger charge is 2.47. The van der Waals surface area contributed by atoms with E-state index in [2.05, 4.69) is 4.74 Å². The van der Waals surface area contributed by atoms with Gasteiger partial charge in [0.05, 0.1) is 20.3 Å². The predicted molar refractivity (Wildman–Crippen MR) is 75.0 cm³/mol. The number of benzene rings is 1. The Balaban J connectivity index is 0.00000180. The molecule has 106 valence electrons. The van der Waals surface area contributed by atoms with Gasteiger partial charge in [-0.05, 0) is 24.3 Å². The van der Waals surface area contributed by atoms with E-state index < -0.39 is 5.54 Å². The van der Waals surface area contributed by atoms with Crippen molar-refractivity contribution in [1.29, 1.82) is 0 Å². The Hall–Kier alpha value is -1.10. The first kappa shape index (κ1) is 16.0. The monoisotopic (exact) mass is 285 g/mol. The second-order valence-electron chi connectivity index (χ2n) is 4.92. The van der Waals surface area contributed by atoms with Gasteiger partial charge in [0.2, 0.25) is 0 Å². The highest BCUT2D eigenvalue weighted by molar-refractivity contribution is 5.85. The van der Waals surface area contributed by atoms with Gasteiger partial charge in [0.15, 0.2) is 0 Å². The third kappa shape index (κ3) is 3.93. The fourth-order valence-electron chi connectivity index (χ4n) is 2.38. The summed E-state index contributed by atoms with van der Waals surface area (Å²) in [6, 6.07) is 10.0. The lowest BCUT2D eigenvalue weighted by Crippen LogP contribution is -2.59. The first-order chi connectivity index (χ1) is 8.64. The quantitative estimate of drug-likeness (QED) is 0.840. The summed E-state index contributed by atoms with van der Waals surface area (Å²) in [5.74, 6) is 0.0413. The van der Waals surface area contributed by atoms with Crippen molar-refractivity contribution in [2.24, 2.45) is 11.7 Å². The summed E-state index contributed by atoms with van der Waals surface area (Å²) in [5.41, 5.74) is 6.27. The number of carbonyl (C=O) groups is 1. The highest BCUT2D eigenvalue weighted by Crippen LogP contribution is 2.36. The van der Waals surface area contributed by atoms with Crippen LogP contribution in [0.4, 0.5) is 0 Å². The van der Waals surface area contributed by atoms with E-state index in [9.17, 15) is 4.79 Å². The van der Waals surface area contributed by atoms with Gasteiger partial charge in [-0.3, -0.25) is 4.79 Å². The van der Waals surface area contributed by atoms with Crippen LogP contribution in [0.2, 0.25) is 0 Å². The Labute approximate surface area is 119 Å². The van der Waals surface area contributed by atoms with Crippen molar-refractivity contribution in [3.8, 4) is 0 Å². The van der Waals surface area contributed by atoms with Gasteiger partial charge in [-0.1, -0.05) is 30.3 Å². The van der Waals surface area contributed by atoms with Gasteiger partial charge in [-0.2, -0.15) is 0 Å². The highest BCUT2D eigenvalue weighted by atomic mass is 35.5. The van der Waals surface area contributed by atoms with Gasteiger partial charge in [-0.25, -0.2) is 0 Å². The van der Waals surface area contributed by atoms with Crippen molar-refractivity contribution in [1.82, 2.24) is 0 Å². The van der Waals surface area contributed by atoms with Crippen LogP contribution in [-0.2, 0) is 20.9 Å². The summed E-state index contributed by atoms with van der Waals surface area (Å²) in [7, 11) is 1.37. The zero-order valence-corrected chi connectivity index (χ0v) is 11.8. The number of esters is 1. The average molecular weight is 286 g/mol. The molecule has 0 saturated heterocycles. The Kier molecular flexibility index (Phi) is 5.79. The summed E-state index contributed by atoms with van der Waals surface area (Å²) < 4.78 is 10.3. The van der Waals surface area contributed by atoms with Crippen molar-refractivity contribution in [3.05, 3.63) is 35.9 Å². The van der Waals surface area contributed by atoms with E-state index in [0.717, 1.165) is 5.56 Å². The number of hydrogen-bond acceptors (Lipinski definition) is 4. The molecule has 0 spiro atoms. The molecule has 5 heteroatoms. The van der Waals surface area contributed by atoms with Crippen LogP contribution in [0.15, 0.2) is 30.3 Å². The molecule has 1 aromatic rings. The molecule has 2 N–H and O–H groups in total. The molecule has 0 aliphatic heterocycles. The number of nitrogens with two attached hydrogens (primary N) is 1. The summed E-state index contributed by atoms with van der Waals surface area (Å²) in [5, 5.41) is 0. The predicted octanol–water partition coefficient (Wildman–Crippen LogP) is 1.91. The second-order valence-corrected chi connectivity index (χ2v) is 4.92. The number of ether oxygens (including phenoxy) is 2. The fourth-order valence-corrected chi connectivity index (χ4v) is 2.38. The summed E-state index contributed by atoms with van der Waals surface area (Å²) in [6.07, 6.45) is 1.29. The Bertz CT molecular complexity index is 404. The molecule has 0 heterocycles. The summed E-state index contributed by atoms with van der Waals surface area (Å²) >= 11 is 0. The van der Waals surface area contributed by atoms with Crippen molar-refractivity contribution >= 4 is 18.4 Å². The standard InChI is InChI=1S/C14H19NO3.ClH/c1-17-13(16)14(15)7-12(8-14)10-18-9-11-5-3-2-4-6-11;/h2-6,12H,7-10,15H2,1H3;1H. The van der Waals surface area contributed by atoms with Crippen LogP contribution in [-0.4, -0.2) is 25.2 Å². The number of hydrogen-bond donors (Lipinski definition) is 1. The number of halogens is 1. The SMILES string of the molecule is COC(=O)C1(N)CC(COCc2ccccc2)C1.Cl. The van der Waals surface area contributed by atoms with E-state index in [1.807, 2.05) is 30.3 Å². The number of methoxy groups -OCH3 is 1. The van der Waals surface area contributed by atoms with Gasteiger partial charge < -0.3 is 15.2 Å². The molecular weight excluding hydrogens is 266 g/mol. The van der Waals surface area contributed by atoms with Gasteiger partial charge in [0.25, 0.3) is 0 Å². The van der Waals surface area contributed by atoms with E-state index in [4.69, 9.17) is 10.5 Å². The molecule has 1 fully saturated rings. The van der Waals surface area contributed by atoms with E-state index in [-0.39, 0.29) is 18.4 Å². The van der Waals surface area contributed by atoms with E-state index in [1.54, 1.807) is 0 Å². The molecule has 1 aliphatic rings. The molecule has 4 nitrogen and oxygen atoms in total. The van der Waals surface area contributed by atoms with Crippen LogP contribution in [0.3, 0.4) is 0 Å². The van der Waals surface area contributed by atoms with Crippen molar-refractivity contribution in [3.63, 3.8) is 0 Å². The number of rotatable bonds is 5. The lowest BCUT2D eigenvalue weighted by atomic mass is 9.69. The zero-order valence-electron chi connectivity index (χ0n) is 11.0. The molecule has 0 atom stereocenters. The van der Waals surface area contributed by atoms with E-state index >= 15 is 0 Å². The van der Waals surface area contributed by atoms with Crippen LogP contribution in [0.5, 0.6) is 0 Å². The van der Waals surface area contributed by atoms with Gasteiger partial charge in [0, 0.05) is 0 Å². The molecule has 19 heavy (non-hydrogen) atoms. The molecule has 0 amide bonds. The fraction of sp³-hybridized carbons (Fsp3) is 0.500. The molecule has 2 rings (SSSR count). The molecular formula is C14H20ClNO3. The Morgan fingerprint density at radius 2 is 2.00 bits per heavy atom. The first-order valence-electron chi connectivity index (χ1n) is 6.13. The van der Waals surface area contributed by atoms with Gasteiger partial charge in [0.1, 0.15) is 5.54 Å². The molecule has 1 aliphatic carbocycles. The molecule has 0 radical (unpaired) electrons. The van der Waals surface area contributed by atoms with E-state index in [1.165, 1.54) is 7.11 Å². The molecule has 1 saturated carbocycles. The Morgan fingerprint density at radius 3 is 2.58 bits per heavy atom. The summed E-state index contributed by atoms with van der Waals surface area (Å²) in [4.78, 5) is 11.4. The molecule has 0 bridgehead atoms. The average Bonchev–Trinajstić information content (AvgIpc) is 2.36. The van der Waals surface area contributed by atoms with Crippen LogP contribution >= 0.6 is 12.4 Å². The van der Waals surface area contributed by atoms with Crippen LogP contribution in [0.25, 0.3) is 0 Å². The van der Waals surface area contributed by atoms with Gasteiger partial charge in [-0.15, -0.1) is 12.4 Å². The third-order valence-electron chi connectivity index (χ3n) is 3.36. The minimum absolute atomic E-state index is 0. The topological polar surface area (TPSA) is 61.5 Å². The van der Waals surface area contributed by atoms with Crippen molar-refractivity contribution in [2.75, 3.05) is 13.7 Å².